The maximum atomic E-state index is 13.9. The molecule has 0 radical (unpaired) electrons. The van der Waals surface area contributed by atoms with Crippen LogP contribution in [0.2, 0.25) is 0 Å². The number of carbonyl (C=O) groups is 2. The van der Waals surface area contributed by atoms with Crippen molar-refractivity contribution in [2.24, 2.45) is 0 Å². The van der Waals surface area contributed by atoms with E-state index in [1.807, 2.05) is 44.2 Å². The first kappa shape index (κ1) is 24.7. The zero-order valence-electron chi connectivity index (χ0n) is 19.2. The van der Waals surface area contributed by atoms with E-state index in [4.69, 9.17) is 14.2 Å². The lowest BCUT2D eigenvalue weighted by Gasteiger charge is -2.17. The van der Waals surface area contributed by atoms with Crippen LogP contribution in [0.3, 0.4) is 0 Å². The van der Waals surface area contributed by atoms with E-state index >= 15 is 0 Å². The normalized spacial score (nSPS) is 16.9. The highest BCUT2D eigenvalue weighted by Crippen LogP contribution is 2.45. The van der Waals surface area contributed by atoms with Gasteiger partial charge < -0.3 is 24.8 Å². The van der Waals surface area contributed by atoms with Crippen LogP contribution in [0.5, 0.6) is 5.75 Å². The highest BCUT2D eigenvalue weighted by molar-refractivity contribution is 6.02. The van der Waals surface area contributed by atoms with Crippen molar-refractivity contribution < 1.29 is 28.2 Å². The van der Waals surface area contributed by atoms with E-state index in [1.54, 1.807) is 6.07 Å². The third-order valence-corrected chi connectivity index (χ3v) is 5.51. The van der Waals surface area contributed by atoms with Crippen molar-refractivity contribution in [3.05, 3.63) is 64.7 Å². The number of benzene rings is 2. The van der Waals surface area contributed by atoms with Gasteiger partial charge in [0.15, 0.2) is 6.29 Å². The molecule has 0 fully saturated rings. The van der Waals surface area contributed by atoms with Gasteiger partial charge in [-0.15, -0.1) is 0 Å². The third kappa shape index (κ3) is 5.69. The standard InChI is InChI=1S/C25H31FN2O5/c1-4-31-21(32-5-2)11-12-28-24(29)17-13-18-22(16-9-7-6-8-10-16)20(15-26)33-23(18)19(14-17)25(30)27-3/h6-10,13-14,20-22H,4-5,11-12,15H2,1-3H3,(H,27,30)(H,28,29)/t20?,22-/m0/s1. The Hall–Kier alpha value is -2.97. The number of halogens is 1. The maximum absolute atomic E-state index is 13.9. The second-order valence-corrected chi connectivity index (χ2v) is 7.61. The average molecular weight is 459 g/mol. The van der Waals surface area contributed by atoms with Gasteiger partial charge in [0.25, 0.3) is 11.8 Å². The molecule has 2 N–H and O–H groups in total. The number of alkyl halides is 1. The third-order valence-electron chi connectivity index (χ3n) is 5.51. The fraction of sp³-hybridized carbons (Fsp3) is 0.440. The van der Waals surface area contributed by atoms with Gasteiger partial charge in [-0.3, -0.25) is 9.59 Å². The number of rotatable bonds is 11. The first-order valence-electron chi connectivity index (χ1n) is 11.2. The number of carbonyl (C=O) groups excluding carboxylic acids is 2. The topological polar surface area (TPSA) is 85.9 Å². The van der Waals surface area contributed by atoms with Gasteiger partial charge in [-0.2, -0.15) is 0 Å². The molecule has 8 heteroatoms. The number of hydrogen-bond acceptors (Lipinski definition) is 5. The Morgan fingerprint density at radius 1 is 1.09 bits per heavy atom. The van der Waals surface area contributed by atoms with Crippen LogP contribution >= 0.6 is 0 Å². The molecule has 33 heavy (non-hydrogen) atoms. The summed E-state index contributed by atoms with van der Waals surface area (Å²) in [6.07, 6.45) is -0.689. The smallest absolute Gasteiger partial charge is 0.254 e. The predicted molar refractivity (Wildman–Crippen MR) is 122 cm³/mol. The molecule has 2 amide bonds. The minimum Gasteiger partial charge on any atom is -0.486 e. The molecule has 1 unspecified atom stereocenters. The Balaban J connectivity index is 1.90. The molecule has 0 aromatic heterocycles. The van der Waals surface area contributed by atoms with Crippen molar-refractivity contribution in [1.82, 2.24) is 10.6 Å². The van der Waals surface area contributed by atoms with Gasteiger partial charge in [0.2, 0.25) is 0 Å². The molecule has 178 valence electrons. The molecule has 1 aliphatic heterocycles. The highest BCUT2D eigenvalue weighted by atomic mass is 19.1. The van der Waals surface area contributed by atoms with E-state index in [9.17, 15) is 14.0 Å². The van der Waals surface area contributed by atoms with Crippen molar-refractivity contribution in [2.75, 3.05) is 33.5 Å². The van der Waals surface area contributed by atoms with E-state index < -0.39 is 30.9 Å². The fourth-order valence-electron chi connectivity index (χ4n) is 4.04. The molecule has 0 aliphatic carbocycles. The first-order chi connectivity index (χ1) is 16.0. The Morgan fingerprint density at radius 3 is 2.39 bits per heavy atom. The second kappa shape index (κ2) is 11.8. The molecule has 2 aromatic carbocycles. The molecule has 7 nitrogen and oxygen atoms in total. The molecule has 0 bridgehead atoms. The molecule has 2 aromatic rings. The monoisotopic (exact) mass is 458 g/mol. The van der Waals surface area contributed by atoms with Crippen LogP contribution in [0.1, 0.15) is 58.0 Å². The second-order valence-electron chi connectivity index (χ2n) is 7.61. The Morgan fingerprint density at radius 2 is 1.79 bits per heavy atom. The summed E-state index contributed by atoms with van der Waals surface area (Å²) in [6, 6.07) is 12.6. The fourth-order valence-corrected chi connectivity index (χ4v) is 4.04. The van der Waals surface area contributed by atoms with Crippen LogP contribution in [0.15, 0.2) is 42.5 Å². The number of fused-ring (bicyclic) bond motifs is 1. The van der Waals surface area contributed by atoms with Gasteiger partial charge in [-0.25, -0.2) is 4.39 Å². The molecule has 3 rings (SSSR count). The largest absolute Gasteiger partial charge is 0.486 e. The van der Waals surface area contributed by atoms with Crippen LogP contribution < -0.4 is 15.4 Å². The van der Waals surface area contributed by atoms with Crippen LogP contribution in [0.25, 0.3) is 0 Å². The lowest BCUT2D eigenvalue weighted by Crippen LogP contribution is -2.29. The molecule has 0 saturated carbocycles. The van der Waals surface area contributed by atoms with Crippen molar-refractivity contribution in [1.29, 1.82) is 0 Å². The Kier molecular flexibility index (Phi) is 8.79. The summed E-state index contributed by atoms with van der Waals surface area (Å²) < 4.78 is 30.8. The van der Waals surface area contributed by atoms with Crippen LogP contribution in [0, 0.1) is 0 Å². The van der Waals surface area contributed by atoms with Crippen LogP contribution in [-0.4, -0.2) is 57.7 Å². The maximum Gasteiger partial charge on any atom is 0.254 e. The average Bonchev–Trinajstić information content (AvgIpc) is 3.22. The Labute approximate surface area is 193 Å². The molecular weight excluding hydrogens is 427 g/mol. The SMILES string of the molecule is CCOC(CCNC(=O)c1cc(C(=O)NC)c2c(c1)[C@H](c1ccccc1)C(CF)O2)OCC. The molecular formula is C25H31FN2O5. The Bertz CT molecular complexity index is 947. The summed E-state index contributed by atoms with van der Waals surface area (Å²) in [4.78, 5) is 25.5. The van der Waals surface area contributed by atoms with Gasteiger partial charge in [0.05, 0.1) is 11.5 Å². The lowest BCUT2D eigenvalue weighted by molar-refractivity contribution is -0.138. The van der Waals surface area contributed by atoms with E-state index in [-0.39, 0.29) is 11.5 Å². The highest BCUT2D eigenvalue weighted by Gasteiger charge is 2.39. The minimum atomic E-state index is -0.776. The number of hydrogen-bond donors (Lipinski definition) is 2. The van der Waals surface area contributed by atoms with Crippen molar-refractivity contribution in [3.8, 4) is 5.75 Å². The number of nitrogens with one attached hydrogen (secondary N) is 2. The predicted octanol–water partition coefficient (Wildman–Crippen LogP) is 3.43. The zero-order valence-corrected chi connectivity index (χ0v) is 19.2. The molecule has 2 atom stereocenters. The minimum absolute atomic E-state index is 0.207. The summed E-state index contributed by atoms with van der Waals surface area (Å²) >= 11 is 0. The van der Waals surface area contributed by atoms with E-state index in [0.717, 1.165) is 5.56 Å². The molecule has 1 aliphatic rings. The van der Waals surface area contributed by atoms with E-state index in [2.05, 4.69) is 10.6 Å². The summed E-state index contributed by atoms with van der Waals surface area (Å²) in [7, 11) is 1.50. The van der Waals surface area contributed by atoms with Crippen molar-refractivity contribution in [2.45, 2.75) is 38.6 Å². The summed E-state index contributed by atoms with van der Waals surface area (Å²) in [5, 5.41) is 5.43. The van der Waals surface area contributed by atoms with Crippen molar-refractivity contribution in [3.63, 3.8) is 0 Å². The van der Waals surface area contributed by atoms with Crippen LogP contribution in [0.4, 0.5) is 4.39 Å². The summed E-state index contributed by atoms with van der Waals surface area (Å²) in [5.74, 6) is -0.858. The van der Waals surface area contributed by atoms with Gasteiger partial charge >= 0.3 is 0 Å². The number of amides is 2. The summed E-state index contributed by atoms with van der Waals surface area (Å²) in [5.41, 5.74) is 1.99. The van der Waals surface area contributed by atoms with Gasteiger partial charge in [0, 0.05) is 44.4 Å². The van der Waals surface area contributed by atoms with Crippen molar-refractivity contribution >= 4 is 11.8 Å². The molecule has 0 spiro atoms. The van der Waals surface area contributed by atoms with Gasteiger partial charge in [0.1, 0.15) is 18.5 Å². The first-order valence-corrected chi connectivity index (χ1v) is 11.2. The number of ether oxygens (including phenoxy) is 3. The van der Waals surface area contributed by atoms with Gasteiger partial charge in [-0.1, -0.05) is 30.3 Å². The van der Waals surface area contributed by atoms with Gasteiger partial charge in [-0.05, 0) is 31.5 Å². The van der Waals surface area contributed by atoms with E-state index in [1.165, 1.54) is 13.1 Å². The van der Waals surface area contributed by atoms with E-state index in [0.29, 0.717) is 43.1 Å². The quantitative estimate of drug-likeness (QED) is 0.504. The lowest BCUT2D eigenvalue weighted by atomic mass is 9.86. The zero-order chi connectivity index (χ0) is 23.8. The van der Waals surface area contributed by atoms with Crippen LogP contribution in [-0.2, 0) is 9.47 Å². The summed E-state index contributed by atoms with van der Waals surface area (Å²) in [6.45, 7) is 4.39. The molecule has 1 heterocycles. The molecule has 0 saturated heterocycles.